The smallest absolute Gasteiger partial charge is 0.182 e. The topological polar surface area (TPSA) is 59.9 Å². The van der Waals surface area contributed by atoms with Crippen LogP contribution in [0.1, 0.15) is 11.1 Å². The molecule has 0 radical (unpaired) electrons. The highest BCUT2D eigenvalue weighted by molar-refractivity contribution is 7.90. The van der Waals surface area contributed by atoms with E-state index in [9.17, 15) is 8.42 Å². The summed E-state index contributed by atoms with van der Waals surface area (Å²) in [6, 6.07) is 14.3. The van der Waals surface area contributed by atoms with E-state index in [2.05, 4.69) is 9.59 Å². The van der Waals surface area contributed by atoms with Crippen LogP contribution in [0.2, 0.25) is 0 Å². The average molecular weight is 330 g/mol. The van der Waals surface area contributed by atoms with Gasteiger partial charge in [-0.3, -0.25) is 0 Å². The van der Waals surface area contributed by atoms with Crippen LogP contribution in [0.15, 0.2) is 58.8 Å². The van der Waals surface area contributed by atoms with Crippen LogP contribution >= 0.6 is 11.5 Å². The minimum atomic E-state index is -3.32. The minimum absolute atomic E-state index is 0.00828. The molecule has 0 saturated carbocycles. The van der Waals surface area contributed by atoms with Crippen LogP contribution in [-0.2, 0) is 15.6 Å². The molecule has 0 amide bonds. The summed E-state index contributed by atoms with van der Waals surface area (Å²) >= 11 is 1.29. The first-order valence-corrected chi connectivity index (χ1v) is 9.19. The van der Waals surface area contributed by atoms with Gasteiger partial charge in [0.25, 0.3) is 0 Å². The van der Waals surface area contributed by atoms with Crippen molar-refractivity contribution in [1.82, 2.24) is 9.59 Å². The zero-order valence-electron chi connectivity index (χ0n) is 11.9. The molecule has 0 bridgehead atoms. The van der Waals surface area contributed by atoms with Gasteiger partial charge in [0.05, 0.1) is 10.6 Å². The third-order valence-electron chi connectivity index (χ3n) is 3.35. The number of sulfone groups is 1. The lowest BCUT2D eigenvalue weighted by Gasteiger charge is -2.06. The Morgan fingerprint density at radius 2 is 1.68 bits per heavy atom. The lowest BCUT2D eigenvalue weighted by atomic mass is 10.1. The Morgan fingerprint density at radius 1 is 1.00 bits per heavy atom. The highest BCUT2D eigenvalue weighted by Crippen LogP contribution is 2.21. The van der Waals surface area contributed by atoms with Crippen molar-refractivity contribution < 1.29 is 8.42 Å². The SMILES string of the molecule is Cc1ccc(S(=O)(=O)Cc2ccc(-c3csnn3)cc2)cc1. The summed E-state index contributed by atoms with van der Waals surface area (Å²) in [6.07, 6.45) is 0. The third-order valence-corrected chi connectivity index (χ3v) is 5.55. The fourth-order valence-corrected chi connectivity index (χ4v) is 3.92. The highest BCUT2D eigenvalue weighted by Gasteiger charge is 2.15. The van der Waals surface area contributed by atoms with Crippen molar-refractivity contribution in [1.29, 1.82) is 0 Å². The van der Waals surface area contributed by atoms with E-state index in [1.807, 2.05) is 48.7 Å². The lowest BCUT2D eigenvalue weighted by molar-refractivity contribution is 0.595. The van der Waals surface area contributed by atoms with Crippen LogP contribution in [0.3, 0.4) is 0 Å². The maximum Gasteiger partial charge on any atom is 0.182 e. The molecule has 1 aromatic heterocycles. The van der Waals surface area contributed by atoms with Gasteiger partial charge in [-0.25, -0.2) is 8.42 Å². The van der Waals surface area contributed by atoms with E-state index in [1.54, 1.807) is 12.1 Å². The molecule has 3 aromatic rings. The van der Waals surface area contributed by atoms with Crippen molar-refractivity contribution in [2.45, 2.75) is 17.6 Å². The van der Waals surface area contributed by atoms with Crippen molar-refractivity contribution in [3.8, 4) is 11.3 Å². The molecule has 0 N–H and O–H groups in total. The molecule has 1 heterocycles. The molecule has 4 nitrogen and oxygen atoms in total. The Balaban J connectivity index is 1.82. The molecule has 0 saturated heterocycles. The second-order valence-corrected chi connectivity index (χ2v) is 7.66. The molecule has 0 fully saturated rings. The standard InChI is InChI=1S/C16H14N2O2S2/c1-12-2-8-15(9-3-12)22(19,20)11-13-4-6-14(7-5-13)16-10-21-18-17-16/h2-10H,11H2,1H3. The van der Waals surface area contributed by atoms with Crippen molar-refractivity contribution in [2.75, 3.05) is 0 Å². The van der Waals surface area contributed by atoms with Crippen LogP contribution in [0.5, 0.6) is 0 Å². The van der Waals surface area contributed by atoms with Gasteiger partial charge in [-0.1, -0.05) is 46.4 Å². The molecule has 0 unspecified atom stereocenters. The van der Waals surface area contributed by atoms with Gasteiger partial charge in [0.15, 0.2) is 9.84 Å². The first-order chi connectivity index (χ1) is 10.5. The molecule has 22 heavy (non-hydrogen) atoms. The van der Waals surface area contributed by atoms with Gasteiger partial charge in [0, 0.05) is 10.9 Å². The number of hydrogen-bond acceptors (Lipinski definition) is 5. The number of nitrogens with zero attached hydrogens (tertiary/aromatic N) is 2. The van der Waals surface area contributed by atoms with Crippen molar-refractivity contribution in [3.05, 3.63) is 65.0 Å². The van der Waals surface area contributed by atoms with Crippen LogP contribution in [0, 0.1) is 6.92 Å². The number of rotatable bonds is 4. The van der Waals surface area contributed by atoms with E-state index in [1.165, 1.54) is 11.5 Å². The van der Waals surface area contributed by atoms with E-state index in [0.717, 1.165) is 22.4 Å². The molecule has 0 spiro atoms. The predicted octanol–water partition coefficient (Wildman–Crippen LogP) is 3.49. The molecule has 6 heteroatoms. The Hall–Kier alpha value is -2.05. The van der Waals surface area contributed by atoms with Crippen LogP contribution in [-0.4, -0.2) is 18.0 Å². The average Bonchev–Trinajstić information content (AvgIpc) is 3.02. The van der Waals surface area contributed by atoms with Crippen molar-refractivity contribution in [2.24, 2.45) is 0 Å². The Kier molecular flexibility index (Phi) is 4.04. The zero-order chi connectivity index (χ0) is 15.6. The number of hydrogen-bond donors (Lipinski definition) is 0. The molecule has 0 atom stereocenters. The molecule has 2 aromatic carbocycles. The fourth-order valence-electron chi connectivity index (χ4n) is 2.11. The molecule has 0 aliphatic heterocycles. The maximum absolute atomic E-state index is 12.4. The number of aryl methyl sites for hydroxylation is 1. The molecule has 0 aliphatic carbocycles. The predicted molar refractivity (Wildman–Crippen MR) is 87.4 cm³/mol. The Bertz CT molecular complexity index is 854. The van der Waals surface area contributed by atoms with Gasteiger partial charge in [0.1, 0.15) is 5.69 Å². The maximum atomic E-state index is 12.4. The summed E-state index contributed by atoms with van der Waals surface area (Å²) in [4.78, 5) is 0.353. The quantitative estimate of drug-likeness (QED) is 0.735. The Morgan fingerprint density at radius 3 is 2.27 bits per heavy atom. The van der Waals surface area contributed by atoms with Crippen LogP contribution in [0.4, 0.5) is 0 Å². The summed E-state index contributed by atoms with van der Waals surface area (Å²) in [5.74, 6) is -0.00828. The fraction of sp³-hybridized carbons (Fsp3) is 0.125. The van der Waals surface area contributed by atoms with Gasteiger partial charge in [-0.15, -0.1) is 5.10 Å². The molecule has 0 aliphatic rings. The molecular weight excluding hydrogens is 316 g/mol. The van der Waals surface area contributed by atoms with Gasteiger partial charge < -0.3 is 0 Å². The minimum Gasteiger partial charge on any atom is -0.223 e. The number of aromatic nitrogens is 2. The zero-order valence-corrected chi connectivity index (χ0v) is 13.6. The van der Waals surface area contributed by atoms with E-state index in [4.69, 9.17) is 0 Å². The lowest BCUT2D eigenvalue weighted by Crippen LogP contribution is -2.04. The summed E-state index contributed by atoms with van der Waals surface area (Å²) in [5.41, 5.74) is 3.54. The first-order valence-electron chi connectivity index (χ1n) is 6.70. The van der Waals surface area contributed by atoms with E-state index >= 15 is 0 Å². The van der Waals surface area contributed by atoms with Gasteiger partial charge in [-0.05, 0) is 36.2 Å². The van der Waals surface area contributed by atoms with Crippen molar-refractivity contribution >= 4 is 21.4 Å². The first kappa shape index (κ1) is 14.9. The second kappa shape index (κ2) is 5.98. The molecule has 112 valence electrons. The normalized spacial score (nSPS) is 11.5. The third kappa shape index (κ3) is 3.23. The van der Waals surface area contributed by atoms with Crippen molar-refractivity contribution in [3.63, 3.8) is 0 Å². The second-order valence-electron chi connectivity index (χ2n) is 5.06. The van der Waals surface area contributed by atoms with E-state index < -0.39 is 9.84 Å². The Labute approximate surface area is 133 Å². The van der Waals surface area contributed by atoms with Crippen LogP contribution < -0.4 is 0 Å². The number of benzene rings is 2. The summed E-state index contributed by atoms with van der Waals surface area (Å²) in [5, 5.41) is 5.86. The highest BCUT2D eigenvalue weighted by atomic mass is 32.2. The largest absolute Gasteiger partial charge is 0.223 e. The summed E-state index contributed by atoms with van der Waals surface area (Å²) in [7, 11) is -3.32. The summed E-state index contributed by atoms with van der Waals surface area (Å²) in [6.45, 7) is 1.93. The van der Waals surface area contributed by atoms with E-state index in [-0.39, 0.29) is 5.75 Å². The molecule has 3 rings (SSSR count). The van der Waals surface area contributed by atoms with Gasteiger partial charge in [-0.2, -0.15) is 0 Å². The van der Waals surface area contributed by atoms with E-state index in [0.29, 0.717) is 4.90 Å². The summed E-state index contributed by atoms with van der Waals surface area (Å²) < 4.78 is 28.6. The molecular formula is C16H14N2O2S2. The van der Waals surface area contributed by atoms with Gasteiger partial charge >= 0.3 is 0 Å². The van der Waals surface area contributed by atoms with Gasteiger partial charge in [0.2, 0.25) is 0 Å². The van der Waals surface area contributed by atoms with Crippen LogP contribution in [0.25, 0.3) is 11.3 Å². The monoisotopic (exact) mass is 330 g/mol.